The molecule has 1 amide bonds. The minimum Gasteiger partial charge on any atom is -0.364 e. The Balaban J connectivity index is 2.75. The molecule has 0 saturated carbocycles. The molecule has 94 valence electrons. The minimum absolute atomic E-state index is 0.184. The first-order valence-electron chi connectivity index (χ1n) is 5.77. The van der Waals surface area contributed by atoms with E-state index in [9.17, 15) is 4.79 Å². The van der Waals surface area contributed by atoms with Crippen molar-refractivity contribution in [1.82, 2.24) is 10.2 Å². The molecule has 4 N–H and O–H groups in total. The molecule has 0 bridgehead atoms. The molecule has 0 fully saturated rings. The Morgan fingerprint density at radius 2 is 2.12 bits per heavy atom. The van der Waals surface area contributed by atoms with Crippen LogP contribution in [0.15, 0.2) is 12.1 Å². The highest BCUT2D eigenvalue weighted by Crippen LogP contribution is 2.10. The summed E-state index contributed by atoms with van der Waals surface area (Å²) in [5.74, 6) is 0.193. The monoisotopic (exact) mass is 237 g/mol. The first-order chi connectivity index (χ1) is 8.19. The highest BCUT2D eigenvalue weighted by molar-refractivity contribution is 5.90. The SMILES string of the molecule is CCCN(CCCN)c1ccc(C(N)=O)nn1. The molecule has 6 nitrogen and oxygen atoms in total. The number of hydrogen-bond donors (Lipinski definition) is 2. The van der Waals surface area contributed by atoms with Gasteiger partial charge in [-0.3, -0.25) is 4.79 Å². The van der Waals surface area contributed by atoms with Crippen LogP contribution in [0.2, 0.25) is 0 Å². The molecule has 0 unspecified atom stereocenters. The molecule has 0 saturated heterocycles. The van der Waals surface area contributed by atoms with Gasteiger partial charge in [-0.2, -0.15) is 0 Å². The van der Waals surface area contributed by atoms with E-state index >= 15 is 0 Å². The maximum absolute atomic E-state index is 10.9. The van der Waals surface area contributed by atoms with Crippen molar-refractivity contribution in [2.45, 2.75) is 19.8 Å². The normalized spacial score (nSPS) is 10.2. The van der Waals surface area contributed by atoms with Gasteiger partial charge in [0.15, 0.2) is 11.5 Å². The van der Waals surface area contributed by atoms with Gasteiger partial charge in [0.1, 0.15) is 0 Å². The van der Waals surface area contributed by atoms with Crippen molar-refractivity contribution in [3.05, 3.63) is 17.8 Å². The first-order valence-corrected chi connectivity index (χ1v) is 5.77. The third-order valence-electron chi connectivity index (χ3n) is 2.35. The van der Waals surface area contributed by atoms with Crippen LogP contribution in [0.1, 0.15) is 30.3 Å². The van der Waals surface area contributed by atoms with Crippen molar-refractivity contribution in [1.29, 1.82) is 0 Å². The van der Waals surface area contributed by atoms with E-state index < -0.39 is 5.91 Å². The Morgan fingerprint density at radius 3 is 2.59 bits per heavy atom. The predicted octanol–water partition coefficient (Wildman–Crippen LogP) is 0.141. The topological polar surface area (TPSA) is 98.1 Å². The van der Waals surface area contributed by atoms with Gasteiger partial charge in [0.05, 0.1) is 0 Å². The lowest BCUT2D eigenvalue weighted by atomic mass is 10.3. The highest BCUT2D eigenvalue weighted by atomic mass is 16.1. The maximum Gasteiger partial charge on any atom is 0.269 e. The van der Waals surface area contributed by atoms with Crippen LogP contribution in [0.4, 0.5) is 5.82 Å². The average Bonchev–Trinajstić information content (AvgIpc) is 2.34. The van der Waals surface area contributed by atoms with Crippen LogP contribution >= 0.6 is 0 Å². The Morgan fingerprint density at radius 1 is 1.35 bits per heavy atom. The second-order valence-corrected chi connectivity index (χ2v) is 3.77. The van der Waals surface area contributed by atoms with Gasteiger partial charge in [0.25, 0.3) is 5.91 Å². The van der Waals surface area contributed by atoms with Crippen molar-refractivity contribution in [2.75, 3.05) is 24.5 Å². The van der Waals surface area contributed by atoms with Crippen LogP contribution in [0.3, 0.4) is 0 Å². The van der Waals surface area contributed by atoms with E-state index in [1.807, 2.05) is 0 Å². The number of primary amides is 1. The molecule has 0 radical (unpaired) electrons. The number of anilines is 1. The third kappa shape index (κ3) is 3.99. The summed E-state index contributed by atoms with van der Waals surface area (Å²) in [6, 6.07) is 3.36. The van der Waals surface area contributed by atoms with Crippen molar-refractivity contribution in [3.8, 4) is 0 Å². The number of aromatic nitrogens is 2. The number of carbonyl (C=O) groups excluding carboxylic acids is 1. The van der Waals surface area contributed by atoms with Gasteiger partial charge in [0, 0.05) is 13.1 Å². The fourth-order valence-corrected chi connectivity index (χ4v) is 1.52. The molecular formula is C11H19N5O. The number of amides is 1. The summed E-state index contributed by atoms with van der Waals surface area (Å²) in [7, 11) is 0. The van der Waals surface area contributed by atoms with E-state index in [0.717, 1.165) is 31.7 Å². The van der Waals surface area contributed by atoms with Gasteiger partial charge in [-0.25, -0.2) is 0 Å². The minimum atomic E-state index is -0.562. The molecule has 0 aliphatic rings. The second-order valence-electron chi connectivity index (χ2n) is 3.77. The van der Waals surface area contributed by atoms with E-state index in [-0.39, 0.29) is 5.69 Å². The van der Waals surface area contributed by atoms with Crippen molar-refractivity contribution < 1.29 is 4.79 Å². The average molecular weight is 237 g/mol. The van der Waals surface area contributed by atoms with Crippen LogP contribution in [-0.2, 0) is 0 Å². The molecule has 0 spiro atoms. The summed E-state index contributed by atoms with van der Waals surface area (Å²) in [5.41, 5.74) is 10.8. The second kappa shape index (κ2) is 6.80. The Hall–Kier alpha value is -1.69. The molecule has 0 aliphatic carbocycles. The zero-order valence-electron chi connectivity index (χ0n) is 10.1. The largest absolute Gasteiger partial charge is 0.364 e. The van der Waals surface area contributed by atoms with Crippen LogP contribution < -0.4 is 16.4 Å². The van der Waals surface area contributed by atoms with Crippen LogP contribution in [0, 0.1) is 0 Å². The quantitative estimate of drug-likeness (QED) is 0.703. The van der Waals surface area contributed by atoms with Crippen molar-refractivity contribution in [3.63, 3.8) is 0 Å². The lowest BCUT2D eigenvalue weighted by Crippen LogP contribution is -2.28. The molecule has 0 atom stereocenters. The van der Waals surface area contributed by atoms with Crippen molar-refractivity contribution >= 4 is 11.7 Å². The molecule has 1 aromatic heterocycles. The zero-order chi connectivity index (χ0) is 12.7. The Bertz CT molecular complexity index is 351. The van der Waals surface area contributed by atoms with Crippen LogP contribution in [-0.4, -0.2) is 35.7 Å². The molecule has 0 aromatic carbocycles. The van der Waals surface area contributed by atoms with Gasteiger partial charge in [-0.15, -0.1) is 10.2 Å². The van der Waals surface area contributed by atoms with Gasteiger partial charge in [-0.05, 0) is 31.5 Å². The number of hydrogen-bond acceptors (Lipinski definition) is 5. The summed E-state index contributed by atoms with van der Waals surface area (Å²) in [4.78, 5) is 13.0. The van der Waals surface area contributed by atoms with Gasteiger partial charge in [-0.1, -0.05) is 6.92 Å². The number of carbonyl (C=O) groups is 1. The molecule has 1 aromatic rings. The maximum atomic E-state index is 10.9. The van der Waals surface area contributed by atoms with E-state index in [4.69, 9.17) is 11.5 Å². The fraction of sp³-hybridized carbons (Fsp3) is 0.545. The fourth-order valence-electron chi connectivity index (χ4n) is 1.52. The Kier molecular flexibility index (Phi) is 5.35. The van der Waals surface area contributed by atoms with Gasteiger partial charge in [0.2, 0.25) is 0 Å². The molecule has 0 aliphatic heterocycles. The molecule has 6 heteroatoms. The molecule has 1 rings (SSSR count). The molecule has 1 heterocycles. The lowest BCUT2D eigenvalue weighted by molar-refractivity contribution is 0.0994. The van der Waals surface area contributed by atoms with E-state index in [1.54, 1.807) is 12.1 Å². The smallest absolute Gasteiger partial charge is 0.269 e. The van der Waals surface area contributed by atoms with Gasteiger partial charge < -0.3 is 16.4 Å². The zero-order valence-corrected chi connectivity index (χ0v) is 10.1. The highest BCUT2D eigenvalue weighted by Gasteiger charge is 2.08. The van der Waals surface area contributed by atoms with Crippen molar-refractivity contribution in [2.24, 2.45) is 11.5 Å². The molecule has 17 heavy (non-hydrogen) atoms. The summed E-state index contributed by atoms with van der Waals surface area (Å²) in [5, 5.41) is 7.80. The van der Waals surface area contributed by atoms with Gasteiger partial charge >= 0.3 is 0 Å². The summed E-state index contributed by atoms with van der Waals surface area (Å²) in [6.45, 7) is 4.48. The summed E-state index contributed by atoms with van der Waals surface area (Å²) < 4.78 is 0. The standard InChI is InChI=1S/C11H19N5O/c1-2-7-16(8-3-6-12)10-5-4-9(11(13)17)14-15-10/h4-5H,2-3,6-8,12H2,1H3,(H2,13,17). The summed E-state index contributed by atoms with van der Waals surface area (Å²) >= 11 is 0. The van der Waals surface area contributed by atoms with Crippen LogP contribution in [0.5, 0.6) is 0 Å². The molecular weight excluding hydrogens is 218 g/mol. The van der Waals surface area contributed by atoms with E-state index in [0.29, 0.717) is 6.54 Å². The number of nitrogens with two attached hydrogens (primary N) is 2. The number of nitrogens with zero attached hydrogens (tertiary/aromatic N) is 3. The van der Waals surface area contributed by atoms with E-state index in [2.05, 4.69) is 22.0 Å². The lowest BCUT2D eigenvalue weighted by Gasteiger charge is -2.22. The third-order valence-corrected chi connectivity index (χ3v) is 2.35. The van der Waals surface area contributed by atoms with E-state index in [1.165, 1.54) is 0 Å². The Labute approximate surface area is 101 Å². The number of rotatable bonds is 7. The van der Waals surface area contributed by atoms with Crippen LogP contribution in [0.25, 0.3) is 0 Å². The first kappa shape index (κ1) is 13.4. The summed E-state index contributed by atoms with van der Waals surface area (Å²) in [6.07, 6.45) is 1.92. The predicted molar refractivity (Wildman–Crippen MR) is 66.7 cm³/mol.